The molecule has 2 rings (SSSR count). The third-order valence-electron chi connectivity index (χ3n) is 2.23. The Morgan fingerprint density at radius 2 is 2.14 bits per heavy atom. The van der Waals surface area contributed by atoms with Crippen molar-refractivity contribution < 1.29 is 0 Å². The van der Waals surface area contributed by atoms with E-state index in [1.807, 2.05) is 11.8 Å². The predicted octanol–water partition coefficient (Wildman–Crippen LogP) is 3.27. The largest absolute Gasteiger partial charge is 0.271 e. The van der Waals surface area contributed by atoms with Crippen LogP contribution in [-0.2, 0) is 0 Å². The van der Waals surface area contributed by atoms with Gasteiger partial charge >= 0.3 is 0 Å². The second-order valence-electron chi connectivity index (χ2n) is 4.39. The van der Waals surface area contributed by atoms with Gasteiger partial charge in [-0.1, -0.05) is 23.8 Å². The lowest BCUT2D eigenvalue weighted by Gasteiger charge is -2.09. The fourth-order valence-corrected chi connectivity index (χ4v) is 2.67. The van der Waals surface area contributed by atoms with Crippen LogP contribution < -0.4 is 0 Å². The number of hydrogen-bond acceptors (Lipinski definition) is 2. The molecule has 74 valence electrons. The fraction of sp³-hybridized carbons (Fsp3) is 0.417. The minimum Gasteiger partial charge on any atom is -0.271 e. The van der Waals surface area contributed by atoms with Crippen molar-refractivity contribution in [2.45, 2.75) is 26.3 Å². The van der Waals surface area contributed by atoms with Crippen molar-refractivity contribution in [3.8, 4) is 0 Å². The summed E-state index contributed by atoms with van der Waals surface area (Å²) in [6.07, 6.45) is 0. The first-order chi connectivity index (χ1) is 6.57. The SMILES string of the molecule is Cc1cccc(C2=NC(C)(C)CS2)c1. The predicted molar refractivity (Wildman–Crippen MR) is 64.3 cm³/mol. The van der Waals surface area contributed by atoms with Crippen LogP contribution in [0.25, 0.3) is 0 Å². The molecule has 1 aliphatic rings. The maximum Gasteiger partial charge on any atom is 0.0984 e. The highest BCUT2D eigenvalue weighted by molar-refractivity contribution is 8.14. The summed E-state index contributed by atoms with van der Waals surface area (Å²) in [5.41, 5.74) is 2.68. The van der Waals surface area contributed by atoms with Crippen molar-refractivity contribution in [3.63, 3.8) is 0 Å². The molecule has 0 fully saturated rings. The molecule has 0 atom stereocenters. The van der Waals surface area contributed by atoms with Gasteiger partial charge in [-0.05, 0) is 26.8 Å². The normalized spacial score (nSPS) is 19.5. The van der Waals surface area contributed by atoms with Gasteiger partial charge in [0.05, 0.1) is 10.6 Å². The highest BCUT2D eigenvalue weighted by atomic mass is 32.2. The summed E-state index contributed by atoms with van der Waals surface area (Å²) in [7, 11) is 0. The van der Waals surface area contributed by atoms with E-state index in [-0.39, 0.29) is 5.54 Å². The Balaban J connectivity index is 2.33. The summed E-state index contributed by atoms with van der Waals surface area (Å²) in [6.45, 7) is 6.49. The first-order valence-electron chi connectivity index (χ1n) is 4.86. The summed E-state index contributed by atoms with van der Waals surface area (Å²) in [4.78, 5) is 4.71. The second kappa shape index (κ2) is 3.43. The summed E-state index contributed by atoms with van der Waals surface area (Å²) in [5.74, 6) is 1.09. The molecule has 0 saturated carbocycles. The van der Waals surface area contributed by atoms with Crippen molar-refractivity contribution in [1.82, 2.24) is 0 Å². The van der Waals surface area contributed by atoms with Gasteiger partial charge in [0.1, 0.15) is 0 Å². The Hall–Kier alpha value is -0.760. The average molecular weight is 205 g/mol. The number of aryl methyl sites for hydroxylation is 1. The molecule has 1 aliphatic heterocycles. The van der Waals surface area contributed by atoms with Crippen molar-refractivity contribution in [1.29, 1.82) is 0 Å². The summed E-state index contributed by atoms with van der Waals surface area (Å²) in [6, 6.07) is 8.56. The number of aliphatic imine (C=N–C) groups is 1. The lowest BCUT2D eigenvalue weighted by atomic mass is 10.1. The topological polar surface area (TPSA) is 12.4 Å². The Morgan fingerprint density at radius 1 is 1.36 bits per heavy atom. The van der Waals surface area contributed by atoms with Crippen LogP contribution in [0, 0.1) is 6.92 Å². The van der Waals surface area contributed by atoms with Gasteiger partial charge in [0.25, 0.3) is 0 Å². The van der Waals surface area contributed by atoms with Gasteiger partial charge in [0.15, 0.2) is 0 Å². The quantitative estimate of drug-likeness (QED) is 0.685. The number of nitrogens with zero attached hydrogens (tertiary/aromatic N) is 1. The molecule has 0 spiro atoms. The lowest BCUT2D eigenvalue weighted by molar-refractivity contribution is 0.605. The van der Waals surface area contributed by atoms with E-state index >= 15 is 0 Å². The number of rotatable bonds is 1. The molecule has 1 nitrogen and oxygen atoms in total. The van der Waals surface area contributed by atoms with Crippen molar-refractivity contribution >= 4 is 16.8 Å². The van der Waals surface area contributed by atoms with E-state index in [4.69, 9.17) is 4.99 Å². The van der Waals surface area contributed by atoms with Crippen molar-refractivity contribution in [3.05, 3.63) is 35.4 Å². The first kappa shape index (κ1) is 9.78. The van der Waals surface area contributed by atoms with Gasteiger partial charge in [-0.2, -0.15) is 0 Å². The zero-order valence-corrected chi connectivity index (χ0v) is 9.69. The maximum atomic E-state index is 4.71. The molecule has 1 heterocycles. The van der Waals surface area contributed by atoms with E-state index in [0.717, 1.165) is 5.75 Å². The molecule has 14 heavy (non-hydrogen) atoms. The molecule has 0 aliphatic carbocycles. The second-order valence-corrected chi connectivity index (χ2v) is 5.35. The number of thioether (sulfide) groups is 1. The van der Waals surface area contributed by atoms with Crippen molar-refractivity contribution in [2.24, 2.45) is 4.99 Å². The van der Waals surface area contributed by atoms with E-state index in [2.05, 4.69) is 45.0 Å². The zero-order chi connectivity index (χ0) is 10.2. The van der Waals surface area contributed by atoms with Gasteiger partial charge in [0.2, 0.25) is 0 Å². The summed E-state index contributed by atoms with van der Waals surface area (Å²) >= 11 is 1.86. The van der Waals surface area contributed by atoms with Gasteiger partial charge in [-0.3, -0.25) is 4.99 Å². The fourth-order valence-electron chi connectivity index (χ4n) is 1.51. The molecule has 0 N–H and O–H groups in total. The molecule has 0 aromatic heterocycles. The molecule has 0 bridgehead atoms. The highest BCUT2D eigenvalue weighted by Gasteiger charge is 2.25. The molecule has 0 saturated heterocycles. The van der Waals surface area contributed by atoms with E-state index in [1.165, 1.54) is 16.2 Å². The van der Waals surface area contributed by atoms with Crippen LogP contribution in [0.2, 0.25) is 0 Å². The van der Waals surface area contributed by atoms with Crippen LogP contribution in [0.4, 0.5) is 0 Å². The molecule has 2 heteroatoms. The molecule has 0 amide bonds. The molecular formula is C12H15NS. The van der Waals surface area contributed by atoms with Gasteiger partial charge in [-0.15, -0.1) is 11.8 Å². The molecule has 0 unspecified atom stereocenters. The Labute approximate surface area is 89.6 Å². The van der Waals surface area contributed by atoms with Gasteiger partial charge < -0.3 is 0 Å². The molecule has 1 aromatic carbocycles. The molecule has 0 radical (unpaired) electrons. The smallest absolute Gasteiger partial charge is 0.0984 e. The van der Waals surface area contributed by atoms with Crippen LogP contribution in [0.5, 0.6) is 0 Å². The molecular weight excluding hydrogens is 190 g/mol. The highest BCUT2D eigenvalue weighted by Crippen LogP contribution is 2.30. The molecule has 1 aromatic rings. The maximum absolute atomic E-state index is 4.71. The Kier molecular flexibility index (Phi) is 2.40. The van der Waals surface area contributed by atoms with Crippen LogP contribution in [0.1, 0.15) is 25.0 Å². The number of benzene rings is 1. The zero-order valence-electron chi connectivity index (χ0n) is 8.87. The number of hydrogen-bond donors (Lipinski definition) is 0. The van der Waals surface area contributed by atoms with Gasteiger partial charge in [0, 0.05) is 11.3 Å². The minimum absolute atomic E-state index is 0.115. The lowest BCUT2D eigenvalue weighted by Crippen LogP contribution is -2.15. The van der Waals surface area contributed by atoms with E-state index in [9.17, 15) is 0 Å². The summed E-state index contributed by atoms with van der Waals surface area (Å²) < 4.78 is 0. The Morgan fingerprint density at radius 3 is 2.71 bits per heavy atom. The van der Waals surface area contributed by atoms with Crippen LogP contribution in [-0.4, -0.2) is 16.3 Å². The average Bonchev–Trinajstić information content (AvgIpc) is 2.46. The van der Waals surface area contributed by atoms with E-state index < -0.39 is 0 Å². The van der Waals surface area contributed by atoms with Gasteiger partial charge in [-0.25, -0.2) is 0 Å². The minimum atomic E-state index is 0.115. The van der Waals surface area contributed by atoms with Crippen LogP contribution in [0.3, 0.4) is 0 Å². The standard InChI is InChI=1S/C12H15NS/c1-9-5-4-6-10(7-9)11-13-12(2,3)8-14-11/h4-7H,8H2,1-3H3. The third kappa shape index (κ3) is 2.01. The summed E-state index contributed by atoms with van der Waals surface area (Å²) in [5, 5.41) is 1.19. The first-order valence-corrected chi connectivity index (χ1v) is 5.85. The Bertz CT molecular complexity index is 380. The monoisotopic (exact) mass is 205 g/mol. The van der Waals surface area contributed by atoms with E-state index in [1.54, 1.807) is 0 Å². The van der Waals surface area contributed by atoms with Crippen LogP contribution >= 0.6 is 11.8 Å². The van der Waals surface area contributed by atoms with Crippen molar-refractivity contribution in [2.75, 3.05) is 5.75 Å². The third-order valence-corrected chi connectivity index (χ3v) is 3.68. The van der Waals surface area contributed by atoms with E-state index in [0.29, 0.717) is 0 Å². The van der Waals surface area contributed by atoms with Crippen LogP contribution in [0.15, 0.2) is 29.3 Å².